The first-order chi connectivity index (χ1) is 52.4. The van der Waals surface area contributed by atoms with Crippen molar-refractivity contribution in [2.75, 3.05) is 132 Å². The zero-order valence-corrected chi connectivity index (χ0v) is 64.7. The van der Waals surface area contributed by atoms with E-state index in [1.807, 2.05) is 36.4 Å². The number of rotatable bonds is 73. The molecule has 0 bridgehead atoms. The molecule has 2 aromatic carbocycles. The monoisotopic (exact) mass is 1540 g/mol. The first kappa shape index (κ1) is 97.3. The number of carbonyl (C=O) groups excluding carboxylic acids is 11. The first-order valence-corrected chi connectivity index (χ1v) is 38.6. The van der Waals surface area contributed by atoms with Crippen LogP contribution < -0.4 is 37.6 Å². The predicted molar refractivity (Wildman–Crippen MR) is 409 cm³/mol. The zero-order chi connectivity index (χ0) is 80.0. The van der Waals surface area contributed by atoms with Crippen molar-refractivity contribution in [3.8, 4) is 0 Å². The molecule has 0 radical (unpaired) electrons. The number of aryl methyl sites for hydroxylation is 2. The van der Waals surface area contributed by atoms with Crippen molar-refractivity contribution in [2.24, 2.45) is 17.6 Å². The number of unbranched alkanes of at least 4 members (excludes halogenated alkanes) is 6. The van der Waals surface area contributed by atoms with E-state index in [0.717, 1.165) is 38.5 Å². The molecule has 10 N–H and O–H groups in total. The summed E-state index contributed by atoms with van der Waals surface area (Å²) in [5, 5.41) is 35.0. The van der Waals surface area contributed by atoms with Gasteiger partial charge in [0, 0.05) is 105 Å². The molecule has 30 nitrogen and oxygen atoms in total. The van der Waals surface area contributed by atoms with Gasteiger partial charge in [-0.05, 0) is 122 Å². The Hall–Kier alpha value is -7.81. The van der Waals surface area contributed by atoms with E-state index < -0.39 is 41.4 Å². The maximum Gasteiger partial charge on any atom is 0.326 e. The van der Waals surface area contributed by atoms with Crippen molar-refractivity contribution < 1.29 is 113 Å². The number of carbonyl (C=O) groups is 13. The fraction of sp³-hybridized carbons (Fsp3) is 0.684. The van der Waals surface area contributed by atoms with E-state index in [-0.39, 0.29) is 244 Å². The fourth-order valence-corrected chi connectivity index (χ4v) is 11.0. The van der Waals surface area contributed by atoms with Crippen molar-refractivity contribution in [1.29, 1.82) is 0 Å². The number of ether oxygens (including phenoxy) is 8. The van der Waals surface area contributed by atoms with Gasteiger partial charge in [0.1, 0.15) is 55.9 Å². The van der Waals surface area contributed by atoms with Crippen LogP contribution >= 0.6 is 0 Å². The number of amides is 6. The molecule has 2 aromatic rings. The standard InChI is InChI=1S/C79H125N7O23.2H2/c1-60(87)63(28-16-18-38-81-75(96)58-109-53-49-105-45-41-84-76(97)59-108-52-46-102-42-20-30-65(88)34-35-67(77(98)99)85-72(93)32-14-6-12-26-61-22-8-4-9-23-61)54-69(90)64(55-70(91)79(2,3)80)29-17-19-39-82-74(95)57-107-51-47-103-43-21-31-66(89)56-106-50-48-104-44-40-83-71(92)37-36-68(78(100)101)86-73(94)33-15-7-13-27-62-24-10-5-11-25-62;;/h4-5,8-11,22-25,63-64,67-68H,6-7,12-21,26-59,80H2,1-3H3,(H,81,96)(H,82,95)(H,83,92)(H,84,97)(H,85,93)(H,86,94)(H,98,99)(H,100,101);2*1H/t63-,64-,67+,68+;;/m1../s1. The van der Waals surface area contributed by atoms with Crippen LogP contribution in [0.1, 0.15) is 189 Å². The highest BCUT2D eigenvalue weighted by Gasteiger charge is 2.31. The van der Waals surface area contributed by atoms with E-state index in [9.17, 15) is 72.5 Å². The Morgan fingerprint density at radius 2 is 0.771 bits per heavy atom. The third kappa shape index (κ3) is 55.3. The third-order valence-corrected chi connectivity index (χ3v) is 17.4. The second-order valence-corrected chi connectivity index (χ2v) is 27.4. The molecule has 618 valence electrons. The van der Waals surface area contributed by atoms with Crippen molar-refractivity contribution in [2.45, 2.75) is 205 Å². The second-order valence-electron chi connectivity index (χ2n) is 27.4. The van der Waals surface area contributed by atoms with Gasteiger partial charge in [0.05, 0.1) is 71.6 Å². The van der Waals surface area contributed by atoms with E-state index in [4.69, 9.17) is 43.6 Å². The Morgan fingerprint density at radius 1 is 0.376 bits per heavy atom. The summed E-state index contributed by atoms with van der Waals surface area (Å²) >= 11 is 0. The van der Waals surface area contributed by atoms with E-state index in [0.29, 0.717) is 83.9 Å². The highest BCUT2D eigenvalue weighted by atomic mass is 16.5. The van der Waals surface area contributed by atoms with Gasteiger partial charge in [-0.15, -0.1) is 0 Å². The number of hydrogen-bond donors (Lipinski definition) is 9. The Morgan fingerprint density at radius 3 is 1.21 bits per heavy atom. The van der Waals surface area contributed by atoms with Gasteiger partial charge in [-0.2, -0.15) is 0 Å². The molecule has 2 rings (SSSR count). The molecule has 0 saturated heterocycles. The molecule has 0 fully saturated rings. The predicted octanol–water partition coefficient (Wildman–Crippen LogP) is 5.90. The van der Waals surface area contributed by atoms with Gasteiger partial charge in [0.15, 0.2) is 11.6 Å². The fourth-order valence-electron chi connectivity index (χ4n) is 11.0. The molecule has 30 heteroatoms. The van der Waals surface area contributed by atoms with Gasteiger partial charge in [-0.1, -0.05) is 86.3 Å². The zero-order valence-electron chi connectivity index (χ0n) is 64.7. The molecular formula is C79H129N7O23. The van der Waals surface area contributed by atoms with Gasteiger partial charge in [-0.3, -0.25) is 52.7 Å². The molecule has 0 aliphatic rings. The van der Waals surface area contributed by atoms with Crippen LogP contribution in [0.25, 0.3) is 0 Å². The summed E-state index contributed by atoms with van der Waals surface area (Å²) in [6.07, 6.45) is 11.1. The number of nitrogens with two attached hydrogens (primary N) is 1. The summed E-state index contributed by atoms with van der Waals surface area (Å²) in [7, 11) is 0. The number of benzene rings is 2. The maximum absolute atomic E-state index is 13.7. The maximum atomic E-state index is 13.7. The van der Waals surface area contributed by atoms with Crippen LogP contribution in [0.2, 0.25) is 0 Å². The third-order valence-electron chi connectivity index (χ3n) is 17.4. The number of nitrogens with one attached hydrogen (secondary N) is 6. The van der Waals surface area contributed by atoms with Crippen LogP contribution in [0.5, 0.6) is 0 Å². The number of carboxylic acids is 2. The molecule has 4 atom stereocenters. The Balaban J connectivity index is 0.0000605. The Labute approximate surface area is 645 Å². The van der Waals surface area contributed by atoms with Crippen LogP contribution in [0.4, 0.5) is 0 Å². The summed E-state index contributed by atoms with van der Waals surface area (Å²) in [5.74, 6) is -6.64. The lowest BCUT2D eigenvalue weighted by Crippen LogP contribution is -2.43. The average molecular weight is 1540 g/mol. The molecule has 0 aliphatic heterocycles. The molecule has 0 spiro atoms. The van der Waals surface area contributed by atoms with E-state index in [2.05, 4.69) is 56.2 Å². The van der Waals surface area contributed by atoms with Crippen molar-refractivity contribution in [3.63, 3.8) is 0 Å². The molecule has 109 heavy (non-hydrogen) atoms. The molecule has 0 aromatic heterocycles. The van der Waals surface area contributed by atoms with Gasteiger partial charge >= 0.3 is 11.9 Å². The van der Waals surface area contributed by atoms with Gasteiger partial charge in [-0.25, -0.2) is 9.59 Å². The lowest BCUT2D eigenvalue weighted by Gasteiger charge is -2.23. The van der Waals surface area contributed by atoms with Crippen LogP contribution in [-0.2, 0) is 113 Å². The average Bonchev–Trinajstić information content (AvgIpc) is 0.867. The lowest BCUT2D eigenvalue weighted by molar-refractivity contribution is -0.142. The summed E-state index contributed by atoms with van der Waals surface area (Å²) in [6.45, 7) is 7.24. The summed E-state index contributed by atoms with van der Waals surface area (Å²) < 4.78 is 43.4. The summed E-state index contributed by atoms with van der Waals surface area (Å²) in [4.78, 5) is 161. The summed E-state index contributed by atoms with van der Waals surface area (Å²) in [5.41, 5.74) is 7.39. The van der Waals surface area contributed by atoms with Gasteiger partial charge in [0.25, 0.3) is 0 Å². The minimum absolute atomic E-state index is 0. The number of Topliss-reactive ketones (excluding diaryl/α,β-unsaturated/α-hetero) is 5. The Bertz CT molecular complexity index is 2950. The quantitative estimate of drug-likeness (QED) is 0.0348. The molecular weight excluding hydrogens is 1410 g/mol. The van der Waals surface area contributed by atoms with E-state index >= 15 is 0 Å². The van der Waals surface area contributed by atoms with Gasteiger partial charge < -0.3 is 85.7 Å². The normalized spacial score (nSPS) is 12.4. The van der Waals surface area contributed by atoms with Crippen molar-refractivity contribution >= 4 is 76.3 Å². The molecule has 0 heterocycles. The topological polar surface area (TPSA) is 434 Å². The minimum atomic E-state index is -1.20. The van der Waals surface area contributed by atoms with Crippen molar-refractivity contribution in [1.82, 2.24) is 31.9 Å². The van der Waals surface area contributed by atoms with Crippen molar-refractivity contribution in [3.05, 3.63) is 71.8 Å². The number of carboxylic acid groups (broad SMARTS) is 2. The van der Waals surface area contributed by atoms with Crippen LogP contribution in [0.3, 0.4) is 0 Å². The number of aliphatic carboxylic acids is 2. The molecule has 6 amide bonds. The van der Waals surface area contributed by atoms with Crippen LogP contribution in [-0.4, -0.2) is 236 Å². The minimum Gasteiger partial charge on any atom is -0.480 e. The highest BCUT2D eigenvalue weighted by molar-refractivity contribution is 5.94. The van der Waals surface area contributed by atoms with Gasteiger partial charge in [0.2, 0.25) is 35.4 Å². The number of hydrogen-bond acceptors (Lipinski definition) is 22. The highest BCUT2D eigenvalue weighted by Crippen LogP contribution is 2.24. The summed E-state index contributed by atoms with van der Waals surface area (Å²) in [6, 6.07) is 17.8. The SMILES string of the molecule is CC(=O)[C@H](CCCCNC(=O)COCCOCCNC(=O)COCCOCCCC(=O)CC[C@H](NC(=O)CCCCCc1ccccc1)C(=O)O)CC(=O)[C@H](CCCCNC(=O)COCCOCCCC(=O)COCCOCCNC(=O)CC[C@H](NC(=O)CCCCCc1ccccc1)C(=O)O)CC(=O)C(C)(C)N.[HH].[HH]. The van der Waals surface area contributed by atoms with Crippen LogP contribution in [0.15, 0.2) is 60.7 Å². The lowest BCUT2D eigenvalue weighted by atomic mass is 9.82. The second kappa shape index (κ2) is 62.9. The smallest absolute Gasteiger partial charge is 0.326 e. The van der Waals surface area contributed by atoms with E-state index in [1.165, 1.54) is 18.1 Å². The first-order valence-electron chi connectivity index (χ1n) is 38.6. The molecule has 0 saturated carbocycles. The molecule has 0 unspecified atom stereocenters. The largest absolute Gasteiger partial charge is 0.480 e. The van der Waals surface area contributed by atoms with E-state index in [1.54, 1.807) is 13.8 Å². The van der Waals surface area contributed by atoms with Crippen LogP contribution in [0, 0.1) is 11.8 Å². The molecule has 0 aliphatic carbocycles. The number of ketones is 5. The Kier molecular flexibility index (Phi) is 56.1.